The maximum atomic E-state index is 13.1. The molecule has 5 nitrogen and oxygen atoms in total. The Morgan fingerprint density at radius 1 is 1.21 bits per heavy atom. The third-order valence-corrected chi connectivity index (χ3v) is 4.63. The van der Waals surface area contributed by atoms with Crippen LogP contribution in [0.2, 0.25) is 0 Å². The zero-order chi connectivity index (χ0) is 17.3. The fourth-order valence-electron chi connectivity index (χ4n) is 3.32. The highest BCUT2D eigenvalue weighted by Crippen LogP contribution is 2.24. The summed E-state index contributed by atoms with van der Waals surface area (Å²) in [5.41, 5.74) is 3.24. The lowest BCUT2D eigenvalue weighted by Gasteiger charge is -2.34. The van der Waals surface area contributed by atoms with Gasteiger partial charge in [-0.2, -0.15) is 0 Å². The Morgan fingerprint density at radius 3 is 2.75 bits per heavy atom. The number of methoxy groups -OCH3 is 1. The number of pyridine rings is 1. The molecule has 0 N–H and O–H groups in total. The van der Waals surface area contributed by atoms with Gasteiger partial charge in [0.05, 0.1) is 23.9 Å². The Morgan fingerprint density at radius 2 is 2.00 bits per heavy atom. The summed E-state index contributed by atoms with van der Waals surface area (Å²) in [6.07, 6.45) is 2.48. The summed E-state index contributed by atoms with van der Waals surface area (Å²) in [5.74, 6) is -0.483. The van der Waals surface area contributed by atoms with Crippen LogP contribution in [0.25, 0.3) is 10.9 Å². The van der Waals surface area contributed by atoms with Crippen molar-refractivity contribution in [2.45, 2.75) is 39.2 Å². The van der Waals surface area contributed by atoms with E-state index in [9.17, 15) is 9.59 Å². The molecular formula is C19H22N2O3. The number of aryl methyl sites for hydroxylation is 2. The molecule has 24 heavy (non-hydrogen) atoms. The molecule has 0 saturated carbocycles. The molecule has 1 aromatic heterocycles. The highest BCUT2D eigenvalue weighted by Gasteiger charge is 2.34. The highest BCUT2D eigenvalue weighted by atomic mass is 16.5. The number of piperidine rings is 1. The Bertz CT molecular complexity index is 801. The van der Waals surface area contributed by atoms with E-state index in [0.29, 0.717) is 24.2 Å². The fourth-order valence-corrected chi connectivity index (χ4v) is 3.32. The Kier molecular flexibility index (Phi) is 4.51. The molecule has 0 aliphatic carbocycles. The average Bonchev–Trinajstić information content (AvgIpc) is 2.60. The van der Waals surface area contributed by atoms with Crippen molar-refractivity contribution in [3.63, 3.8) is 0 Å². The molecule has 1 aliphatic rings. The number of fused-ring (bicyclic) bond motifs is 1. The number of amides is 1. The van der Waals surface area contributed by atoms with E-state index in [4.69, 9.17) is 4.74 Å². The largest absolute Gasteiger partial charge is 0.467 e. The van der Waals surface area contributed by atoms with E-state index in [1.165, 1.54) is 7.11 Å². The molecule has 0 spiro atoms. The number of hydrogen-bond donors (Lipinski definition) is 0. The van der Waals surface area contributed by atoms with Crippen LogP contribution in [-0.4, -0.2) is 41.5 Å². The minimum atomic E-state index is -0.496. The summed E-state index contributed by atoms with van der Waals surface area (Å²) in [4.78, 5) is 31.3. The zero-order valence-electron chi connectivity index (χ0n) is 14.3. The van der Waals surface area contributed by atoms with Crippen molar-refractivity contribution >= 4 is 22.8 Å². The van der Waals surface area contributed by atoms with E-state index in [1.54, 1.807) is 4.90 Å². The number of likely N-dealkylation sites (tertiary alicyclic amines) is 1. The first-order valence-electron chi connectivity index (χ1n) is 8.28. The lowest BCUT2D eigenvalue weighted by molar-refractivity contribution is -0.147. The molecule has 1 aromatic carbocycles. The fraction of sp³-hybridized carbons (Fsp3) is 0.421. The molecule has 2 aromatic rings. The number of nitrogens with zero attached hydrogens (tertiary/aromatic N) is 2. The van der Waals surface area contributed by atoms with E-state index in [-0.39, 0.29) is 11.9 Å². The van der Waals surface area contributed by atoms with Gasteiger partial charge in [0.25, 0.3) is 5.91 Å². The lowest BCUT2D eigenvalue weighted by atomic mass is 9.99. The van der Waals surface area contributed by atoms with Crippen LogP contribution >= 0.6 is 0 Å². The summed E-state index contributed by atoms with van der Waals surface area (Å²) in [6.45, 7) is 4.42. The van der Waals surface area contributed by atoms with Crippen molar-refractivity contribution in [3.8, 4) is 0 Å². The number of aromatic nitrogens is 1. The molecule has 3 rings (SSSR count). The van der Waals surface area contributed by atoms with Crippen LogP contribution in [0.4, 0.5) is 0 Å². The van der Waals surface area contributed by atoms with Gasteiger partial charge in [-0.15, -0.1) is 0 Å². The highest BCUT2D eigenvalue weighted by molar-refractivity contribution is 6.00. The molecular weight excluding hydrogens is 304 g/mol. The van der Waals surface area contributed by atoms with E-state index in [0.717, 1.165) is 29.3 Å². The third kappa shape index (κ3) is 2.98. The number of hydrogen-bond acceptors (Lipinski definition) is 4. The van der Waals surface area contributed by atoms with Crippen LogP contribution in [0, 0.1) is 13.8 Å². The second kappa shape index (κ2) is 6.59. The maximum Gasteiger partial charge on any atom is 0.328 e. The van der Waals surface area contributed by atoms with Crippen LogP contribution in [0.3, 0.4) is 0 Å². The van der Waals surface area contributed by atoms with Crippen molar-refractivity contribution in [1.29, 1.82) is 0 Å². The van der Waals surface area contributed by atoms with Crippen molar-refractivity contribution < 1.29 is 14.3 Å². The van der Waals surface area contributed by atoms with Gasteiger partial charge in [-0.3, -0.25) is 9.78 Å². The van der Waals surface area contributed by atoms with Gasteiger partial charge in [-0.1, -0.05) is 11.6 Å². The van der Waals surface area contributed by atoms with Crippen molar-refractivity contribution in [3.05, 3.63) is 41.1 Å². The third-order valence-electron chi connectivity index (χ3n) is 4.63. The molecule has 1 unspecified atom stereocenters. The minimum Gasteiger partial charge on any atom is -0.467 e. The minimum absolute atomic E-state index is 0.140. The average molecular weight is 326 g/mol. The van der Waals surface area contributed by atoms with Gasteiger partial charge in [-0.05, 0) is 51.3 Å². The molecule has 2 heterocycles. The normalized spacial score (nSPS) is 17.8. The summed E-state index contributed by atoms with van der Waals surface area (Å²) in [5, 5.41) is 0.940. The first-order valence-corrected chi connectivity index (χ1v) is 8.28. The topological polar surface area (TPSA) is 59.5 Å². The van der Waals surface area contributed by atoms with Gasteiger partial charge in [0.1, 0.15) is 6.04 Å². The molecule has 1 fully saturated rings. The molecule has 1 amide bonds. The SMILES string of the molecule is COC(=O)C1CCCCN1C(=O)c1cc2cc(C)ccc2nc1C. The van der Waals surface area contributed by atoms with Crippen LogP contribution in [0.1, 0.15) is 40.9 Å². The van der Waals surface area contributed by atoms with Gasteiger partial charge >= 0.3 is 5.97 Å². The van der Waals surface area contributed by atoms with Gasteiger partial charge in [0.2, 0.25) is 0 Å². The predicted octanol–water partition coefficient (Wildman–Crippen LogP) is 3.02. The summed E-state index contributed by atoms with van der Waals surface area (Å²) < 4.78 is 4.87. The summed E-state index contributed by atoms with van der Waals surface area (Å²) in [6, 6.07) is 7.38. The van der Waals surface area contributed by atoms with Crippen molar-refractivity contribution in [2.75, 3.05) is 13.7 Å². The van der Waals surface area contributed by atoms with Crippen LogP contribution in [0.5, 0.6) is 0 Å². The van der Waals surface area contributed by atoms with Gasteiger partial charge < -0.3 is 9.64 Å². The number of carbonyl (C=O) groups is 2. The van der Waals surface area contributed by atoms with Crippen LogP contribution in [-0.2, 0) is 9.53 Å². The zero-order valence-corrected chi connectivity index (χ0v) is 14.3. The second-order valence-corrected chi connectivity index (χ2v) is 6.35. The quantitative estimate of drug-likeness (QED) is 0.796. The number of carbonyl (C=O) groups excluding carboxylic acids is 2. The van der Waals surface area contributed by atoms with E-state index >= 15 is 0 Å². The molecule has 0 bridgehead atoms. The van der Waals surface area contributed by atoms with E-state index < -0.39 is 6.04 Å². The first kappa shape index (κ1) is 16.4. The Hall–Kier alpha value is -2.43. The smallest absolute Gasteiger partial charge is 0.328 e. The number of benzene rings is 1. The molecule has 5 heteroatoms. The second-order valence-electron chi connectivity index (χ2n) is 6.35. The number of esters is 1. The van der Waals surface area contributed by atoms with Crippen LogP contribution < -0.4 is 0 Å². The van der Waals surface area contributed by atoms with Crippen LogP contribution in [0.15, 0.2) is 24.3 Å². The predicted molar refractivity (Wildman–Crippen MR) is 91.9 cm³/mol. The monoisotopic (exact) mass is 326 g/mol. The number of ether oxygens (including phenoxy) is 1. The standard InChI is InChI=1S/C19H22N2O3/c1-12-7-8-16-14(10-12)11-15(13(2)20-16)18(22)21-9-5-4-6-17(21)19(23)24-3/h7-8,10-11,17H,4-6,9H2,1-3H3. The summed E-state index contributed by atoms with van der Waals surface area (Å²) in [7, 11) is 1.37. The summed E-state index contributed by atoms with van der Waals surface area (Å²) >= 11 is 0. The molecule has 0 radical (unpaired) electrons. The van der Waals surface area contributed by atoms with Gasteiger partial charge in [-0.25, -0.2) is 4.79 Å². The Balaban J connectivity index is 2.00. The van der Waals surface area contributed by atoms with Crippen molar-refractivity contribution in [2.24, 2.45) is 0 Å². The van der Waals surface area contributed by atoms with Gasteiger partial charge in [0.15, 0.2) is 0 Å². The molecule has 126 valence electrons. The maximum absolute atomic E-state index is 13.1. The molecule has 1 atom stereocenters. The lowest BCUT2D eigenvalue weighted by Crippen LogP contribution is -2.48. The Labute approximate surface area is 141 Å². The first-order chi connectivity index (χ1) is 11.5. The number of rotatable bonds is 2. The molecule has 1 saturated heterocycles. The molecule has 1 aliphatic heterocycles. The van der Waals surface area contributed by atoms with E-state index in [2.05, 4.69) is 4.98 Å². The van der Waals surface area contributed by atoms with Crippen molar-refractivity contribution in [1.82, 2.24) is 9.88 Å². The van der Waals surface area contributed by atoms with E-state index in [1.807, 2.05) is 38.1 Å². The van der Waals surface area contributed by atoms with Gasteiger partial charge in [0, 0.05) is 11.9 Å².